The predicted molar refractivity (Wildman–Crippen MR) is 54.4 cm³/mol. The van der Waals surface area contributed by atoms with Crippen molar-refractivity contribution < 1.29 is 0 Å². The van der Waals surface area contributed by atoms with Gasteiger partial charge in [-0.15, -0.1) is 0 Å². The van der Waals surface area contributed by atoms with Gasteiger partial charge in [-0.2, -0.15) is 0 Å². The molecule has 2 saturated heterocycles. The zero-order valence-electron chi connectivity index (χ0n) is 8.71. The summed E-state index contributed by atoms with van der Waals surface area (Å²) in [5.41, 5.74) is 3.63. The smallest absolute Gasteiger partial charge is 0.0464 e. The van der Waals surface area contributed by atoms with E-state index in [-0.39, 0.29) is 0 Å². The summed E-state index contributed by atoms with van der Waals surface area (Å²) in [4.78, 5) is 0. The van der Waals surface area contributed by atoms with E-state index in [9.17, 15) is 0 Å². The first-order chi connectivity index (χ1) is 6.27. The molecule has 0 bridgehead atoms. The Morgan fingerprint density at radius 1 is 1.15 bits per heavy atom. The summed E-state index contributed by atoms with van der Waals surface area (Å²) < 4.78 is 0. The van der Waals surface area contributed by atoms with Gasteiger partial charge in [0.05, 0.1) is 0 Å². The van der Waals surface area contributed by atoms with Crippen LogP contribution in [0.1, 0.15) is 33.1 Å². The lowest BCUT2D eigenvalue weighted by Gasteiger charge is -2.43. The van der Waals surface area contributed by atoms with Gasteiger partial charge in [0.2, 0.25) is 0 Å². The van der Waals surface area contributed by atoms with Crippen molar-refractivity contribution in [1.29, 1.82) is 0 Å². The molecule has 0 aromatic rings. The summed E-state index contributed by atoms with van der Waals surface area (Å²) in [5, 5.41) is 5.76. The Balaban J connectivity index is 1.85. The molecule has 2 N–H and O–H groups in total. The zero-order chi connectivity index (χ0) is 9.26. The minimum absolute atomic E-state index is 0.683. The van der Waals surface area contributed by atoms with E-state index < -0.39 is 0 Å². The Morgan fingerprint density at radius 3 is 2.23 bits per heavy atom. The van der Waals surface area contributed by atoms with Crippen LogP contribution in [0.25, 0.3) is 0 Å². The third-order valence-electron chi connectivity index (χ3n) is 3.31. The summed E-state index contributed by atoms with van der Waals surface area (Å²) in [6.45, 7) is 6.93. The number of hydrogen-bond acceptors (Lipinski definition) is 3. The molecule has 2 rings (SSSR count). The highest BCUT2D eigenvalue weighted by Crippen LogP contribution is 2.20. The van der Waals surface area contributed by atoms with Gasteiger partial charge in [-0.3, -0.25) is 0 Å². The first-order valence-electron chi connectivity index (χ1n) is 5.52. The van der Waals surface area contributed by atoms with Crippen LogP contribution in [-0.2, 0) is 0 Å². The molecule has 0 saturated carbocycles. The molecule has 2 unspecified atom stereocenters. The molecule has 0 aromatic heterocycles. The summed E-state index contributed by atoms with van der Waals surface area (Å²) >= 11 is 0. The third kappa shape index (κ3) is 2.03. The summed E-state index contributed by atoms with van der Waals surface area (Å²) in [6, 6.07) is 2.11. The molecule has 2 aliphatic heterocycles. The number of hydrogen-bond donors (Lipinski definition) is 2. The Kier molecular flexibility index (Phi) is 2.86. The SMILES string of the molecule is CC1CCCC(C)N1NC1CNC1. The van der Waals surface area contributed by atoms with E-state index in [1.807, 2.05) is 0 Å². The maximum Gasteiger partial charge on any atom is 0.0464 e. The molecular formula is C10H21N3. The van der Waals surface area contributed by atoms with Crippen LogP contribution in [0, 0.1) is 0 Å². The largest absolute Gasteiger partial charge is 0.313 e. The van der Waals surface area contributed by atoms with Gasteiger partial charge in [0.1, 0.15) is 0 Å². The minimum Gasteiger partial charge on any atom is -0.313 e. The second-order valence-electron chi connectivity index (χ2n) is 4.52. The van der Waals surface area contributed by atoms with Gasteiger partial charge in [-0.25, -0.2) is 10.4 Å². The molecule has 0 aromatic carbocycles. The van der Waals surface area contributed by atoms with E-state index in [2.05, 4.69) is 29.6 Å². The Bertz CT molecular complexity index is 158. The van der Waals surface area contributed by atoms with Crippen LogP contribution in [0.5, 0.6) is 0 Å². The molecular weight excluding hydrogens is 162 g/mol. The molecule has 0 radical (unpaired) electrons. The van der Waals surface area contributed by atoms with Gasteiger partial charge in [0, 0.05) is 31.2 Å². The van der Waals surface area contributed by atoms with Gasteiger partial charge in [0.15, 0.2) is 0 Å². The molecule has 2 atom stereocenters. The predicted octanol–water partition coefficient (Wildman–Crippen LogP) is 0.726. The maximum atomic E-state index is 3.63. The van der Waals surface area contributed by atoms with Crippen molar-refractivity contribution in [2.24, 2.45) is 0 Å². The highest BCUT2D eigenvalue weighted by Gasteiger charge is 2.28. The first-order valence-corrected chi connectivity index (χ1v) is 5.52. The van der Waals surface area contributed by atoms with Crippen molar-refractivity contribution >= 4 is 0 Å². The monoisotopic (exact) mass is 183 g/mol. The number of nitrogens with zero attached hydrogens (tertiary/aromatic N) is 1. The molecule has 0 amide bonds. The second-order valence-corrected chi connectivity index (χ2v) is 4.52. The maximum absolute atomic E-state index is 3.63. The van der Waals surface area contributed by atoms with Crippen LogP contribution < -0.4 is 10.7 Å². The zero-order valence-corrected chi connectivity index (χ0v) is 8.71. The summed E-state index contributed by atoms with van der Waals surface area (Å²) in [6.07, 6.45) is 4.08. The number of piperidine rings is 1. The lowest BCUT2D eigenvalue weighted by atomic mass is 9.99. The van der Waals surface area contributed by atoms with Crippen LogP contribution >= 0.6 is 0 Å². The summed E-state index contributed by atoms with van der Waals surface area (Å²) in [5.74, 6) is 0. The van der Waals surface area contributed by atoms with Crippen molar-refractivity contribution in [1.82, 2.24) is 15.8 Å². The highest BCUT2D eigenvalue weighted by molar-refractivity contribution is 4.84. The molecule has 76 valence electrons. The van der Waals surface area contributed by atoms with Gasteiger partial charge in [-0.1, -0.05) is 6.42 Å². The van der Waals surface area contributed by atoms with Crippen LogP contribution in [-0.4, -0.2) is 36.2 Å². The molecule has 0 aliphatic carbocycles. The van der Waals surface area contributed by atoms with Crippen molar-refractivity contribution in [2.75, 3.05) is 13.1 Å². The Morgan fingerprint density at radius 2 is 1.77 bits per heavy atom. The molecule has 0 spiro atoms. The van der Waals surface area contributed by atoms with Crippen LogP contribution in [0.2, 0.25) is 0 Å². The summed E-state index contributed by atoms with van der Waals surface area (Å²) in [7, 11) is 0. The van der Waals surface area contributed by atoms with Crippen LogP contribution in [0.4, 0.5) is 0 Å². The van der Waals surface area contributed by atoms with Gasteiger partial charge in [-0.05, 0) is 26.7 Å². The standard InChI is InChI=1S/C10H21N3/c1-8-4-3-5-9(2)13(8)12-10-6-11-7-10/h8-12H,3-7H2,1-2H3. The number of rotatable bonds is 2. The van der Waals surface area contributed by atoms with E-state index >= 15 is 0 Å². The van der Waals surface area contributed by atoms with E-state index in [4.69, 9.17) is 0 Å². The molecule has 13 heavy (non-hydrogen) atoms. The van der Waals surface area contributed by atoms with E-state index in [0.717, 1.165) is 13.1 Å². The number of nitrogens with one attached hydrogen (secondary N) is 2. The van der Waals surface area contributed by atoms with E-state index in [1.165, 1.54) is 19.3 Å². The Hall–Kier alpha value is -0.120. The topological polar surface area (TPSA) is 27.3 Å². The Labute approximate surface area is 80.8 Å². The highest BCUT2D eigenvalue weighted by atomic mass is 15.6. The lowest BCUT2D eigenvalue weighted by Crippen LogP contribution is -2.64. The fourth-order valence-corrected chi connectivity index (χ4v) is 2.27. The molecule has 2 fully saturated rings. The molecule has 3 heteroatoms. The van der Waals surface area contributed by atoms with Crippen LogP contribution in [0.15, 0.2) is 0 Å². The van der Waals surface area contributed by atoms with Gasteiger partial charge >= 0.3 is 0 Å². The average molecular weight is 183 g/mol. The van der Waals surface area contributed by atoms with E-state index in [0.29, 0.717) is 18.1 Å². The fraction of sp³-hybridized carbons (Fsp3) is 1.00. The van der Waals surface area contributed by atoms with Crippen molar-refractivity contribution in [3.63, 3.8) is 0 Å². The van der Waals surface area contributed by atoms with E-state index in [1.54, 1.807) is 0 Å². The van der Waals surface area contributed by atoms with Crippen molar-refractivity contribution in [2.45, 2.75) is 51.2 Å². The third-order valence-corrected chi connectivity index (χ3v) is 3.31. The molecule has 2 aliphatic rings. The molecule has 3 nitrogen and oxygen atoms in total. The quantitative estimate of drug-likeness (QED) is 0.661. The first kappa shape index (κ1) is 9.44. The van der Waals surface area contributed by atoms with Gasteiger partial charge < -0.3 is 5.32 Å². The number of hydrazine groups is 1. The van der Waals surface area contributed by atoms with Crippen molar-refractivity contribution in [3.8, 4) is 0 Å². The normalized spacial score (nSPS) is 37.4. The fourth-order valence-electron chi connectivity index (χ4n) is 2.27. The van der Waals surface area contributed by atoms with Crippen molar-refractivity contribution in [3.05, 3.63) is 0 Å². The minimum atomic E-state index is 0.683. The average Bonchev–Trinajstić information content (AvgIpc) is 2.00. The second kappa shape index (κ2) is 3.95. The van der Waals surface area contributed by atoms with Crippen LogP contribution in [0.3, 0.4) is 0 Å². The van der Waals surface area contributed by atoms with Gasteiger partial charge in [0.25, 0.3) is 0 Å². The lowest BCUT2D eigenvalue weighted by molar-refractivity contribution is 0.0202. The molecule has 2 heterocycles.